The highest BCUT2D eigenvalue weighted by molar-refractivity contribution is 7.10. The topological polar surface area (TPSA) is 89.7 Å². The SMILES string of the molecule is CC(=O)c1ccccc1C1CC(c2csc(C3CCN(C(C=O)n4nc(C(F)F)cc4C(F)F)CC3)n2)=NO1. The van der Waals surface area contributed by atoms with Gasteiger partial charge in [-0.15, -0.1) is 11.3 Å². The molecule has 206 valence electrons. The number of carbonyl (C=O) groups is 2. The summed E-state index contributed by atoms with van der Waals surface area (Å²) in [6.07, 6.45) is -5.51. The monoisotopic (exact) mass is 563 g/mol. The number of hydrogen-bond acceptors (Lipinski definition) is 8. The molecule has 1 saturated heterocycles. The minimum atomic E-state index is -3.04. The largest absolute Gasteiger partial charge is 0.387 e. The summed E-state index contributed by atoms with van der Waals surface area (Å²) in [5, 5.41) is 10.6. The quantitative estimate of drug-likeness (QED) is 0.184. The number of hydrogen-bond donors (Lipinski definition) is 0. The number of carbonyl (C=O) groups excluding carboxylic acids is 2. The van der Waals surface area contributed by atoms with Gasteiger partial charge >= 0.3 is 0 Å². The maximum atomic E-state index is 13.5. The van der Waals surface area contributed by atoms with E-state index in [2.05, 4.69) is 10.3 Å². The molecule has 39 heavy (non-hydrogen) atoms. The Morgan fingerprint density at radius 2 is 1.90 bits per heavy atom. The van der Waals surface area contributed by atoms with Crippen molar-refractivity contribution in [3.05, 3.63) is 68.9 Å². The number of aromatic nitrogens is 3. The van der Waals surface area contributed by atoms with Crippen LogP contribution in [0.25, 0.3) is 0 Å². The maximum Gasteiger partial charge on any atom is 0.282 e. The highest BCUT2D eigenvalue weighted by Gasteiger charge is 2.33. The van der Waals surface area contributed by atoms with Crippen molar-refractivity contribution in [1.29, 1.82) is 0 Å². The second kappa shape index (κ2) is 11.3. The predicted octanol–water partition coefficient (Wildman–Crippen LogP) is 5.86. The molecule has 0 N–H and O–H groups in total. The molecule has 8 nitrogen and oxygen atoms in total. The number of nitrogens with zero attached hydrogens (tertiary/aromatic N) is 5. The minimum absolute atomic E-state index is 0.0470. The third-order valence-electron chi connectivity index (χ3n) is 7.03. The van der Waals surface area contributed by atoms with E-state index in [1.165, 1.54) is 18.3 Å². The van der Waals surface area contributed by atoms with E-state index >= 15 is 0 Å². The molecule has 3 aromatic rings. The summed E-state index contributed by atoms with van der Waals surface area (Å²) in [7, 11) is 0. The number of oxime groups is 1. The molecular formula is C26H25F4N5O3S. The van der Waals surface area contributed by atoms with Crippen LogP contribution in [0.5, 0.6) is 0 Å². The fraction of sp³-hybridized carbons (Fsp3) is 0.423. The summed E-state index contributed by atoms with van der Waals surface area (Å²) in [6, 6.07) is 7.92. The van der Waals surface area contributed by atoms with E-state index in [4.69, 9.17) is 9.82 Å². The fourth-order valence-corrected chi connectivity index (χ4v) is 6.02. The number of aldehydes is 1. The standard InChI is InChI=1S/C26H25F4N5O3S/c1-14(37)16-4-2-3-5-17(16)22-11-18(33-38-22)20-13-39-26(31-20)15-6-8-34(9-7-15)23(12-36)35-21(25(29)30)10-19(32-35)24(27)28/h2-5,10,12-13,15,22-25H,6-9,11H2,1H3. The van der Waals surface area contributed by atoms with Gasteiger partial charge < -0.3 is 4.84 Å². The van der Waals surface area contributed by atoms with Crippen molar-refractivity contribution < 1.29 is 32.0 Å². The van der Waals surface area contributed by atoms with Crippen molar-refractivity contribution >= 4 is 29.1 Å². The van der Waals surface area contributed by atoms with Gasteiger partial charge in [-0.05, 0) is 25.8 Å². The Bertz CT molecular complexity index is 1380. The Kier molecular flexibility index (Phi) is 7.89. The number of alkyl halides is 4. The van der Waals surface area contributed by atoms with Gasteiger partial charge in [0.25, 0.3) is 12.9 Å². The van der Waals surface area contributed by atoms with Gasteiger partial charge in [0, 0.05) is 41.9 Å². The van der Waals surface area contributed by atoms with Crippen LogP contribution in [0.3, 0.4) is 0 Å². The molecule has 2 unspecified atom stereocenters. The van der Waals surface area contributed by atoms with Crippen LogP contribution in [-0.2, 0) is 9.63 Å². The first-order chi connectivity index (χ1) is 18.8. The van der Waals surface area contributed by atoms with Gasteiger partial charge in [-0.1, -0.05) is 29.4 Å². The molecule has 2 aliphatic heterocycles. The lowest BCUT2D eigenvalue weighted by Crippen LogP contribution is -2.40. The molecule has 2 atom stereocenters. The van der Waals surface area contributed by atoms with Crippen LogP contribution in [0, 0.1) is 0 Å². The average molecular weight is 564 g/mol. The van der Waals surface area contributed by atoms with Gasteiger partial charge in [-0.2, -0.15) is 5.10 Å². The third kappa shape index (κ3) is 5.50. The van der Waals surface area contributed by atoms with Gasteiger partial charge in [0.1, 0.15) is 17.1 Å². The third-order valence-corrected chi connectivity index (χ3v) is 8.04. The molecule has 0 saturated carbocycles. The van der Waals surface area contributed by atoms with Crippen molar-refractivity contribution in [1.82, 2.24) is 19.7 Å². The molecular weight excluding hydrogens is 538 g/mol. The van der Waals surface area contributed by atoms with Crippen molar-refractivity contribution in [2.45, 2.75) is 57.2 Å². The van der Waals surface area contributed by atoms with Crippen LogP contribution in [0.15, 0.2) is 40.9 Å². The molecule has 2 aliphatic rings. The van der Waals surface area contributed by atoms with E-state index < -0.39 is 30.4 Å². The Morgan fingerprint density at radius 3 is 2.56 bits per heavy atom. The lowest BCUT2D eigenvalue weighted by atomic mass is 9.96. The van der Waals surface area contributed by atoms with Gasteiger partial charge in [0.05, 0.1) is 10.7 Å². The second-order valence-corrected chi connectivity index (χ2v) is 10.3. The molecule has 0 spiro atoms. The summed E-state index contributed by atoms with van der Waals surface area (Å²) in [4.78, 5) is 35.9. The first-order valence-corrected chi connectivity index (χ1v) is 13.3. The van der Waals surface area contributed by atoms with Crippen LogP contribution < -0.4 is 0 Å². The van der Waals surface area contributed by atoms with Crippen molar-refractivity contribution in [3.63, 3.8) is 0 Å². The highest BCUT2D eigenvalue weighted by Crippen LogP contribution is 2.36. The van der Waals surface area contributed by atoms with Crippen molar-refractivity contribution in [3.8, 4) is 0 Å². The zero-order chi connectivity index (χ0) is 27.7. The van der Waals surface area contributed by atoms with Crippen LogP contribution in [-0.4, -0.2) is 50.5 Å². The molecule has 0 bridgehead atoms. The smallest absolute Gasteiger partial charge is 0.282 e. The molecule has 5 rings (SSSR count). The molecule has 0 aliphatic carbocycles. The molecule has 0 radical (unpaired) electrons. The summed E-state index contributed by atoms with van der Waals surface area (Å²) in [5.74, 6) is 0.0301. The molecule has 2 aromatic heterocycles. The normalized spacial score (nSPS) is 19.4. The summed E-state index contributed by atoms with van der Waals surface area (Å²) in [5.41, 5.74) is 1.27. The number of halogens is 4. The van der Waals surface area contributed by atoms with E-state index in [1.54, 1.807) is 17.0 Å². The van der Waals surface area contributed by atoms with Crippen LogP contribution >= 0.6 is 11.3 Å². The van der Waals surface area contributed by atoms with Crippen molar-refractivity contribution in [2.24, 2.45) is 5.16 Å². The lowest BCUT2D eigenvalue weighted by molar-refractivity contribution is -0.116. The van der Waals surface area contributed by atoms with Crippen LogP contribution in [0.4, 0.5) is 17.6 Å². The van der Waals surface area contributed by atoms with Gasteiger partial charge in [0.15, 0.2) is 24.3 Å². The lowest BCUT2D eigenvalue weighted by Gasteiger charge is -2.35. The zero-order valence-corrected chi connectivity index (χ0v) is 21.7. The first-order valence-electron chi connectivity index (χ1n) is 12.4. The van der Waals surface area contributed by atoms with E-state index in [0.29, 0.717) is 66.4 Å². The van der Waals surface area contributed by atoms with E-state index in [-0.39, 0.29) is 17.8 Å². The molecule has 0 amide bonds. The predicted molar refractivity (Wildman–Crippen MR) is 134 cm³/mol. The number of piperidine rings is 1. The number of benzene rings is 1. The van der Waals surface area contributed by atoms with Gasteiger partial charge in [-0.3, -0.25) is 14.5 Å². The number of Topliss-reactive ketones (excluding diaryl/α,β-unsaturated/α-hetero) is 1. The fourth-order valence-electron chi connectivity index (χ4n) is 5.02. The molecule has 4 heterocycles. The summed E-state index contributed by atoms with van der Waals surface area (Å²) >= 11 is 1.48. The number of ketones is 1. The number of thiazole rings is 1. The Balaban J connectivity index is 1.23. The first kappa shape index (κ1) is 27.1. The summed E-state index contributed by atoms with van der Waals surface area (Å²) < 4.78 is 53.8. The molecule has 1 aromatic carbocycles. The Morgan fingerprint density at radius 1 is 1.15 bits per heavy atom. The number of rotatable bonds is 9. The molecule has 13 heteroatoms. The van der Waals surface area contributed by atoms with Gasteiger partial charge in [0.2, 0.25) is 0 Å². The van der Waals surface area contributed by atoms with Crippen LogP contribution in [0.1, 0.15) is 95.2 Å². The summed E-state index contributed by atoms with van der Waals surface area (Å²) in [6.45, 7) is 2.27. The minimum Gasteiger partial charge on any atom is -0.387 e. The van der Waals surface area contributed by atoms with E-state index in [0.717, 1.165) is 10.6 Å². The Hall–Kier alpha value is -3.45. The Labute approximate surface area is 225 Å². The average Bonchev–Trinajstić information content (AvgIpc) is 3.69. The van der Waals surface area contributed by atoms with Gasteiger partial charge in [-0.25, -0.2) is 27.2 Å². The van der Waals surface area contributed by atoms with Crippen LogP contribution in [0.2, 0.25) is 0 Å². The zero-order valence-electron chi connectivity index (χ0n) is 20.8. The van der Waals surface area contributed by atoms with Crippen molar-refractivity contribution in [2.75, 3.05) is 13.1 Å². The maximum absolute atomic E-state index is 13.5. The second-order valence-electron chi connectivity index (χ2n) is 9.45. The van der Waals surface area contributed by atoms with E-state index in [1.807, 2.05) is 17.5 Å². The van der Waals surface area contributed by atoms with E-state index in [9.17, 15) is 27.2 Å². The highest BCUT2D eigenvalue weighted by atomic mass is 32.1. The molecule has 1 fully saturated rings. The number of likely N-dealkylation sites (tertiary alicyclic amines) is 1.